The fraction of sp³-hybridized carbons (Fsp3) is 0.423. The summed E-state index contributed by atoms with van der Waals surface area (Å²) in [6, 6.07) is 13.0. The van der Waals surface area contributed by atoms with Gasteiger partial charge < -0.3 is 31.0 Å². The number of carbonyl (C=O) groups is 2. The number of Topliss-reactive ketones (excluding diaryl/α,β-unsaturated/α-hetero) is 2. The van der Waals surface area contributed by atoms with Crippen molar-refractivity contribution >= 4 is 44.9 Å². The standard InChI is InChI=1S/C22H29N3O4S2.C4F6O2/c23-17(15-5-2-1-3-6-15)14-29-10-4-11-30-12-9-24-13-19(27)16-7-8-18(26)20-21(16)31-22(28)25-20;5-3(6,7)1(11)2(12)4(8,9)10/h1-3,5-8,17,19,24,26-27H,4,9-14,23H2,(H,25,28);/t17-,19-;/m0./s1. The number of phenols is 1. The van der Waals surface area contributed by atoms with E-state index in [1.165, 1.54) is 6.07 Å². The summed E-state index contributed by atoms with van der Waals surface area (Å²) in [7, 11) is 0. The van der Waals surface area contributed by atoms with Gasteiger partial charge in [-0.1, -0.05) is 47.7 Å². The third kappa shape index (κ3) is 11.9. The molecule has 6 N–H and O–H groups in total. The Bertz CT molecular complexity index is 1360. The molecule has 1 heterocycles. The van der Waals surface area contributed by atoms with Crippen molar-refractivity contribution in [3.8, 4) is 5.75 Å². The number of aliphatic hydroxyl groups is 1. The third-order valence-electron chi connectivity index (χ3n) is 5.53. The number of benzene rings is 2. The molecule has 0 radical (unpaired) electrons. The highest BCUT2D eigenvalue weighted by Crippen LogP contribution is 2.31. The molecule has 0 aliphatic rings. The Balaban J connectivity index is 0.000000455. The Kier molecular flexibility index (Phi) is 14.1. The number of thiazole rings is 1. The van der Waals surface area contributed by atoms with E-state index >= 15 is 0 Å². The second-order valence-corrected chi connectivity index (χ2v) is 11.0. The summed E-state index contributed by atoms with van der Waals surface area (Å²) in [6.45, 7) is 2.36. The first kappa shape index (κ1) is 36.2. The minimum absolute atomic E-state index is 0.0136. The predicted molar refractivity (Wildman–Crippen MR) is 150 cm³/mol. The molecule has 43 heavy (non-hydrogen) atoms. The first-order valence-electron chi connectivity index (χ1n) is 12.5. The van der Waals surface area contributed by atoms with Crippen LogP contribution in [0.1, 0.15) is 29.7 Å². The largest absolute Gasteiger partial charge is 0.506 e. The lowest BCUT2D eigenvalue weighted by Crippen LogP contribution is -2.39. The van der Waals surface area contributed by atoms with E-state index in [0.29, 0.717) is 35.5 Å². The van der Waals surface area contributed by atoms with Gasteiger partial charge in [0.25, 0.3) is 0 Å². The summed E-state index contributed by atoms with van der Waals surface area (Å²) in [6.07, 6.45) is -11.3. The van der Waals surface area contributed by atoms with Crippen molar-refractivity contribution in [3.63, 3.8) is 0 Å². The van der Waals surface area contributed by atoms with Crippen LogP contribution >= 0.6 is 23.1 Å². The van der Waals surface area contributed by atoms with E-state index in [4.69, 9.17) is 10.5 Å². The highest BCUT2D eigenvalue weighted by Gasteiger charge is 2.54. The van der Waals surface area contributed by atoms with Crippen LogP contribution in [0.4, 0.5) is 26.3 Å². The highest BCUT2D eigenvalue weighted by atomic mass is 32.2. The van der Waals surface area contributed by atoms with Gasteiger partial charge in [-0.2, -0.15) is 38.1 Å². The van der Waals surface area contributed by atoms with E-state index in [0.717, 1.165) is 41.4 Å². The lowest BCUT2D eigenvalue weighted by molar-refractivity contribution is -0.193. The molecule has 3 aromatic rings. The summed E-state index contributed by atoms with van der Waals surface area (Å²) in [5.41, 5.74) is 8.22. The molecular weight excluding hydrogens is 628 g/mol. The zero-order valence-corrected chi connectivity index (χ0v) is 24.0. The maximum Gasteiger partial charge on any atom is 0.458 e. The van der Waals surface area contributed by atoms with Crippen LogP contribution in [0.15, 0.2) is 47.3 Å². The zero-order valence-electron chi connectivity index (χ0n) is 22.3. The van der Waals surface area contributed by atoms with Crippen LogP contribution in [0, 0.1) is 0 Å². The summed E-state index contributed by atoms with van der Waals surface area (Å²) >= 11 is 2.83. The molecule has 1 aromatic heterocycles. The predicted octanol–water partition coefficient (Wildman–Crippen LogP) is 4.01. The number of phenolic OH excluding ortho intramolecular Hbond substituents is 1. The first-order chi connectivity index (χ1) is 20.1. The second-order valence-electron chi connectivity index (χ2n) is 8.82. The Morgan fingerprint density at radius 3 is 2.26 bits per heavy atom. The maximum absolute atomic E-state index is 11.6. The minimum Gasteiger partial charge on any atom is -0.506 e. The Labute approximate surface area is 249 Å². The number of hydrogen-bond donors (Lipinski definition) is 5. The van der Waals surface area contributed by atoms with E-state index in [9.17, 15) is 50.9 Å². The zero-order chi connectivity index (χ0) is 32.2. The topological polar surface area (TPSA) is 155 Å². The average Bonchev–Trinajstić information content (AvgIpc) is 3.35. The number of thioether (sulfide) groups is 1. The molecule has 9 nitrogen and oxygen atoms in total. The molecular formula is C26H29F6N3O6S2. The number of alkyl halides is 6. The van der Waals surface area contributed by atoms with Crippen LogP contribution in [0.2, 0.25) is 0 Å². The van der Waals surface area contributed by atoms with Gasteiger partial charge >= 0.3 is 28.8 Å². The number of nitrogens with two attached hydrogens (primary N) is 1. The Hall–Kier alpha value is -2.96. The molecule has 0 saturated carbocycles. The molecule has 2 atom stereocenters. The molecule has 17 heteroatoms. The number of halogens is 6. The van der Waals surface area contributed by atoms with Crippen LogP contribution < -0.4 is 15.9 Å². The number of hydrogen-bond acceptors (Lipinski definition) is 10. The number of nitrogens with one attached hydrogen (secondary N) is 2. The third-order valence-corrected chi connectivity index (χ3v) is 7.53. The van der Waals surface area contributed by atoms with Gasteiger partial charge in [-0.05, 0) is 23.8 Å². The SMILES string of the molecule is N[C@@H](COCCCSCCNC[C@H](O)c1ccc(O)c2[nH]c(=O)sc12)c1ccccc1.O=C(C(=O)C(F)(F)F)C(F)(F)F. The van der Waals surface area contributed by atoms with Gasteiger partial charge in [0.15, 0.2) is 0 Å². The van der Waals surface area contributed by atoms with Gasteiger partial charge in [-0.15, -0.1) is 0 Å². The van der Waals surface area contributed by atoms with E-state index in [1.54, 1.807) is 6.07 Å². The Morgan fingerprint density at radius 2 is 1.65 bits per heavy atom. The number of aliphatic hydroxyl groups excluding tert-OH is 1. The molecule has 0 fully saturated rings. The highest BCUT2D eigenvalue weighted by molar-refractivity contribution is 7.99. The molecule has 0 bridgehead atoms. The first-order valence-corrected chi connectivity index (χ1v) is 14.5. The quantitative estimate of drug-likeness (QED) is 0.0983. The molecule has 0 unspecified atom stereocenters. The number of H-pyrrole nitrogens is 1. The molecule has 0 aliphatic carbocycles. The molecule has 2 aromatic carbocycles. The second kappa shape index (κ2) is 16.8. The summed E-state index contributed by atoms with van der Waals surface area (Å²) in [5.74, 6) is -4.87. The molecule has 0 spiro atoms. The number of ketones is 2. The van der Waals surface area contributed by atoms with Crippen molar-refractivity contribution in [1.29, 1.82) is 0 Å². The average molecular weight is 658 g/mol. The number of aromatic hydroxyl groups is 1. The summed E-state index contributed by atoms with van der Waals surface area (Å²) in [4.78, 5) is 33.2. The van der Waals surface area contributed by atoms with Crippen molar-refractivity contribution < 1.29 is 50.9 Å². The van der Waals surface area contributed by atoms with Gasteiger partial charge in [-0.25, -0.2) is 0 Å². The monoisotopic (exact) mass is 657 g/mol. The number of ether oxygens (including phenoxy) is 1. The van der Waals surface area contributed by atoms with Crippen molar-refractivity contribution in [3.05, 3.63) is 63.3 Å². The molecule has 0 amide bonds. The number of rotatable bonds is 14. The lowest BCUT2D eigenvalue weighted by atomic mass is 10.1. The van der Waals surface area contributed by atoms with E-state index in [2.05, 4.69) is 10.3 Å². The van der Waals surface area contributed by atoms with Crippen LogP contribution in [0.5, 0.6) is 5.75 Å². The normalized spacial score (nSPS) is 13.3. The molecule has 0 saturated heterocycles. The van der Waals surface area contributed by atoms with Crippen LogP contribution in [0.25, 0.3) is 10.2 Å². The van der Waals surface area contributed by atoms with Gasteiger partial charge in [0.2, 0.25) is 0 Å². The number of aromatic nitrogens is 1. The van der Waals surface area contributed by atoms with Gasteiger partial charge in [0.1, 0.15) is 11.3 Å². The smallest absolute Gasteiger partial charge is 0.458 e. The Morgan fingerprint density at radius 1 is 1.02 bits per heavy atom. The summed E-state index contributed by atoms with van der Waals surface area (Å²) in [5, 5.41) is 23.5. The van der Waals surface area contributed by atoms with Gasteiger partial charge in [0.05, 0.1) is 23.5 Å². The number of carbonyl (C=O) groups excluding carboxylic acids is 2. The van der Waals surface area contributed by atoms with E-state index in [-0.39, 0.29) is 16.7 Å². The fourth-order valence-electron chi connectivity index (χ4n) is 3.42. The maximum atomic E-state index is 11.6. The van der Waals surface area contributed by atoms with Gasteiger partial charge in [0, 0.05) is 31.0 Å². The van der Waals surface area contributed by atoms with Crippen LogP contribution in [-0.4, -0.2) is 76.9 Å². The van der Waals surface area contributed by atoms with E-state index < -0.39 is 30.0 Å². The van der Waals surface area contributed by atoms with Crippen LogP contribution in [0.3, 0.4) is 0 Å². The molecule has 0 aliphatic heterocycles. The van der Waals surface area contributed by atoms with Crippen molar-refractivity contribution in [2.75, 3.05) is 37.8 Å². The molecule has 238 valence electrons. The molecule has 3 rings (SSSR count). The van der Waals surface area contributed by atoms with E-state index in [1.807, 2.05) is 42.1 Å². The summed E-state index contributed by atoms with van der Waals surface area (Å²) < 4.78 is 73.2. The van der Waals surface area contributed by atoms with Crippen molar-refractivity contribution in [2.24, 2.45) is 5.73 Å². The number of aromatic amines is 1. The lowest BCUT2D eigenvalue weighted by Gasteiger charge is -2.13. The van der Waals surface area contributed by atoms with Crippen molar-refractivity contribution in [2.45, 2.75) is 30.9 Å². The number of fused-ring (bicyclic) bond motifs is 1. The van der Waals surface area contributed by atoms with Crippen molar-refractivity contribution in [1.82, 2.24) is 10.3 Å². The van der Waals surface area contributed by atoms with Gasteiger partial charge in [-0.3, -0.25) is 14.4 Å². The van der Waals surface area contributed by atoms with Crippen LogP contribution in [-0.2, 0) is 14.3 Å². The minimum atomic E-state index is -5.77. The fourth-order valence-corrected chi connectivity index (χ4v) is 5.16.